The Balaban J connectivity index is 1.73. The second-order valence-electron chi connectivity index (χ2n) is 5.29. The van der Waals surface area contributed by atoms with E-state index in [1.807, 2.05) is 0 Å². The lowest BCUT2D eigenvalue weighted by molar-refractivity contribution is 0.102. The van der Waals surface area contributed by atoms with Gasteiger partial charge in [-0.1, -0.05) is 12.1 Å². The molecule has 0 saturated carbocycles. The lowest BCUT2D eigenvalue weighted by Gasteiger charge is -2.14. The highest BCUT2D eigenvalue weighted by Gasteiger charge is 2.16. The molecule has 24 heavy (non-hydrogen) atoms. The first kappa shape index (κ1) is 16.1. The number of hydrogen-bond acceptors (Lipinski definition) is 6. The van der Waals surface area contributed by atoms with Crippen LogP contribution in [0.3, 0.4) is 0 Å². The fourth-order valence-corrected chi connectivity index (χ4v) is 2.30. The predicted molar refractivity (Wildman–Crippen MR) is 88.5 cm³/mol. The highest BCUT2D eigenvalue weighted by molar-refractivity contribution is 6.08. The van der Waals surface area contributed by atoms with Gasteiger partial charge in [0.2, 0.25) is 6.79 Å². The summed E-state index contributed by atoms with van der Waals surface area (Å²) in [5.41, 5.74) is 1.60. The van der Waals surface area contributed by atoms with Crippen molar-refractivity contribution in [1.82, 2.24) is 0 Å². The van der Waals surface area contributed by atoms with Gasteiger partial charge in [-0.2, -0.15) is 0 Å². The molecule has 0 radical (unpaired) electrons. The van der Waals surface area contributed by atoms with E-state index in [2.05, 4.69) is 10.6 Å². The molecule has 0 spiro atoms. The lowest BCUT2D eigenvalue weighted by atomic mass is 10.1. The SMILES string of the molecule is O=C(Nc1ccc2c(c1)OCO2)c1ccccc1NCC(O)CO. The summed E-state index contributed by atoms with van der Waals surface area (Å²) in [7, 11) is 0. The van der Waals surface area contributed by atoms with E-state index in [9.17, 15) is 9.90 Å². The van der Waals surface area contributed by atoms with Crippen molar-refractivity contribution in [3.63, 3.8) is 0 Å². The van der Waals surface area contributed by atoms with Crippen LogP contribution in [0.4, 0.5) is 11.4 Å². The lowest BCUT2D eigenvalue weighted by Crippen LogP contribution is -2.24. The summed E-state index contributed by atoms with van der Waals surface area (Å²) in [4.78, 5) is 12.5. The van der Waals surface area contributed by atoms with Crippen LogP contribution in [0.2, 0.25) is 0 Å². The Morgan fingerprint density at radius 2 is 1.96 bits per heavy atom. The Morgan fingerprint density at radius 1 is 1.17 bits per heavy atom. The van der Waals surface area contributed by atoms with E-state index < -0.39 is 6.10 Å². The van der Waals surface area contributed by atoms with E-state index in [-0.39, 0.29) is 25.9 Å². The molecule has 1 aliphatic rings. The highest BCUT2D eigenvalue weighted by Crippen LogP contribution is 2.34. The number of aliphatic hydroxyl groups excluding tert-OH is 2. The zero-order valence-electron chi connectivity index (χ0n) is 12.9. The standard InChI is InChI=1S/C17H18N2O5/c20-9-12(21)8-18-14-4-2-1-3-13(14)17(22)19-11-5-6-15-16(7-11)24-10-23-15/h1-7,12,18,20-21H,8-10H2,(H,19,22). The van der Waals surface area contributed by atoms with Gasteiger partial charge in [-0.15, -0.1) is 0 Å². The molecule has 1 unspecified atom stereocenters. The third-order valence-corrected chi connectivity index (χ3v) is 3.54. The van der Waals surface area contributed by atoms with E-state index in [4.69, 9.17) is 14.6 Å². The van der Waals surface area contributed by atoms with Gasteiger partial charge in [0.25, 0.3) is 5.91 Å². The number of carbonyl (C=O) groups excluding carboxylic acids is 1. The van der Waals surface area contributed by atoms with Crippen LogP contribution in [0.5, 0.6) is 11.5 Å². The topological polar surface area (TPSA) is 100 Å². The number of rotatable bonds is 6. The number of anilines is 2. The molecule has 2 aromatic rings. The molecule has 0 aliphatic carbocycles. The number of amides is 1. The van der Waals surface area contributed by atoms with Crippen molar-refractivity contribution in [3.8, 4) is 11.5 Å². The smallest absolute Gasteiger partial charge is 0.257 e. The molecule has 7 nitrogen and oxygen atoms in total. The normalized spacial score (nSPS) is 13.4. The van der Waals surface area contributed by atoms with Crippen molar-refractivity contribution in [2.24, 2.45) is 0 Å². The van der Waals surface area contributed by atoms with Crippen molar-refractivity contribution in [2.45, 2.75) is 6.10 Å². The molecule has 0 fully saturated rings. The van der Waals surface area contributed by atoms with Crippen LogP contribution in [-0.4, -0.2) is 42.2 Å². The molecular weight excluding hydrogens is 312 g/mol. The number of carbonyl (C=O) groups is 1. The number of hydrogen-bond donors (Lipinski definition) is 4. The van der Waals surface area contributed by atoms with Crippen LogP contribution < -0.4 is 20.1 Å². The number of aliphatic hydroxyl groups is 2. The van der Waals surface area contributed by atoms with Gasteiger partial charge in [-0.3, -0.25) is 4.79 Å². The molecule has 0 bridgehead atoms. The number of fused-ring (bicyclic) bond motifs is 1. The summed E-state index contributed by atoms with van der Waals surface area (Å²) in [6, 6.07) is 12.1. The van der Waals surface area contributed by atoms with E-state index in [1.165, 1.54) is 0 Å². The van der Waals surface area contributed by atoms with Crippen molar-refractivity contribution < 1.29 is 24.5 Å². The van der Waals surface area contributed by atoms with Crippen molar-refractivity contribution >= 4 is 17.3 Å². The Morgan fingerprint density at radius 3 is 2.79 bits per heavy atom. The quantitative estimate of drug-likeness (QED) is 0.639. The Hall–Kier alpha value is -2.77. The average molecular weight is 330 g/mol. The van der Waals surface area contributed by atoms with Crippen LogP contribution in [0.25, 0.3) is 0 Å². The Bertz CT molecular complexity index is 735. The van der Waals surface area contributed by atoms with Gasteiger partial charge in [-0.25, -0.2) is 0 Å². The van der Waals surface area contributed by atoms with Crippen molar-refractivity contribution in [1.29, 1.82) is 0 Å². The summed E-state index contributed by atoms with van der Waals surface area (Å²) >= 11 is 0. The zero-order valence-corrected chi connectivity index (χ0v) is 12.9. The second-order valence-corrected chi connectivity index (χ2v) is 5.29. The van der Waals surface area contributed by atoms with E-state index >= 15 is 0 Å². The van der Waals surface area contributed by atoms with Gasteiger partial charge < -0.3 is 30.3 Å². The Labute approximate surface area is 138 Å². The summed E-state index contributed by atoms with van der Waals surface area (Å²) in [6.45, 7) is -0.0317. The van der Waals surface area contributed by atoms with Crippen LogP contribution in [0, 0.1) is 0 Å². The third kappa shape index (κ3) is 3.58. The first-order valence-corrected chi connectivity index (χ1v) is 7.50. The van der Waals surface area contributed by atoms with Crippen molar-refractivity contribution in [3.05, 3.63) is 48.0 Å². The van der Waals surface area contributed by atoms with E-state index in [0.717, 1.165) is 0 Å². The van der Waals surface area contributed by atoms with Crippen LogP contribution in [-0.2, 0) is 0 Å². The highest BCUT2D eigenvalue weighted by atomic mass is 16.7. The first-order chi connectivity index (χ1) is 11.7. The van der Waals surface area contributed by atoms with Gasteiger partial charge in [0.15, 0.2) is 11.5 Å². The first-order valence-electron chi connectivity index (χ1n) is 7.50. The maximum absolute atomic E-state index is 12.5. The van der Waals surface area contributed by atoms with E-state index in [1.54, 1.807) is 42.5 Å². The average Bonchev–Trinajstić information content (AvgIpc) is 3.07. The molecule has 1 amide bonds. The summed E-state index contributed by atoms with van der Waals surface area (Å²) in [6.07, 6.45) is -0.894. The summed E-state index contributed by atoms with van der Waals surface area (Å²) in [5.74, 6) is 0.939. The molecule has 7 heteroatoms. The molecule has 3 rings (SSSR count). The number of ether oxygens (including phenoxy) is 2. The fourth-order valence-electron chi connectivity index (χ4n) is 2.30. The molecular formula is C17H18N2O5. The van der Waals surface area contributed by atoms with Gasteiger partial charge in [-0.05, 0) is 24.3 Å². The van der Waals surface area contributed by atoms with Crippen LogP contribution >= 0.6 is 0 Å². The summed E-state index contributed by atoms with van der Waals surface area (Å²) in [5, 5.41) is 24.1. The van der Waals surface area contributed by atoms with Gasteiger partial charge in [0.1, 0.15) is 0 Å². The van der Waals surface area contributed by atoms with Crippen LogP contribution in [0.15, 0.2) is 42.5 Å². The Kier molecular flexibility index (Phi) is 4.83. The third-order valence-electron chi connectivity index (χ3n) is 3.54. The molecule has 1 atom stereocenters. The minimum absolute atomic E-state index is 0.144. The van der Waals surface area contributed by atoms with Gasteiger partial charge >= 0.3 is 0 Å². The number of para-hydroxylation sites is 1. The molecule has 126 valence electrons. The molecule has 1 heterocycles. The maximum atomic E-state index is 12.5. The minimum Gasteiger partial charge on any atom is -0.454 e. The molecule has 1 aliphatic heterocycles. The summed E-state index contributed by atoms with van der Waals surface area (Å²) < 4.78 is 10.5. The number of benzene rings is 2. The minimum atomic E-state index is -0.894. The van der Waals surface area contributed by atoms with Crippen LogP contribution in [0.1, 0.15) is 10.4 Å². The fraction of sp³-hybridized carbons (Fsp3) is 0.235. The largest absolute Gasteiger partial charge is 0.454 e. The molecule has 0 aromatic heterocycles. The van der Waals surface area contributed by atoms with Gasteiger partial charge in [0, 0.05) is 24.0 Å². The molecule has 4 N–H and O–H groups in total. The predicted octanol–water partition coefficient (Wildman–Crippen LogP) is 1.43. The van der Waals surface area contributed by atoms with Gasteiger partial charge in [0.05, 0.1) is 18.3 Å². The van der Waals surface area contributed by atoms with E-state index in [0.29, 0.717) is 28.4 Å². The monoisotopic (exact) mass is 330 g/mol. The zero-order chi connectivity index (χ0) is 16.9. The maximum Gasteiger partial charge on any atom is 0.257 e. The molecule has 0 saturated heterocycles. The molecule has 2 aromatic carbocycles. The van der Waals surface area contributed by atoms with Crippen molar-refractivity contribution in [2.75, 3.05) is 30.6 Å². The second kappa shape index (κ2) is 7.20. The number of nitrogens with one attached hydrogen (secondary N) is 2.